The van der Waals surface area contributed by atoms with Crippen LogP contribution in [0.25, 0.3) is 72.1 Å². The van der Waals surface area contributed by atoms with E-state index in [4.69, 9.17) is 29.2 Å². The van der Waals surface area contributed by atoms with Crippen molar-refractivity contribution in [2.75, 3.05) is 78.9 Å². The van der Waals surface area contributed by atoms with Crippen LogP contribution < -0.4 is 0 Å². The van der Waals surface area contributed by atoms with Gasteiger partial charge < -0.3 is 14.2 Å². The topological polar surface area (TPSA) is 247 Å². The smallest absolute Gasteiger partial charge is 0.269 e. The summed E-state index contributed by atoms with van der Waals surface area (Å²) < 4.78 is 107. The van der Waals surface area contributed by atoms with E-state index in [1.807, 2.05) is 70.5 Å². The second kappa shape index (κ2) is 34.9. The van der Waals surface area contributed by atoms with E-state index in [0.717, 1.165) is 205 Å². The van der Waals surface area contributed by atoms with E-state index in [2.05, 4.69) is 75.0 Å². The van der Waals surface area contributed by atoms with Crippen LogP contribution in [0, 0.1) is 0 Å². The summed E-state index contributed by atoms with van der Waals surface area (Å²) in [5, 5.41) is 15.4. The molecule has 1 unspecified atom stereocenters. The fourth-order valence-electron chi connectivity index (χ4n) is 17.5. The van der Waals surface area contributed by atoms with Crippen LogP contribution in [0.4, 0.5) is 0 Å². The number of pyridine rings is 3. The summed E-state index contributed by atoms with van der Waals surface area (Å²) >= 11 is 0. The van der Waals surface area contributed by atoms with Gasteiger partial charge in [-0.25, -0.2) is 52.1 Å². The van der Waals surface area contributed by atoms with Crippen molar-refractivity contribution in [3.63, 3.8) is 0 Å². The van der Waals surface area contributed by atoms with Crippen LogP contribution in [0.1, 0.15) is 150 Å². The second-order valence-corrected chi connectivity index (χ2v) is 36.8. The van der Waals surface area contributed by atoms with Gasteiger partial charge in [0, 0.05) is 182 Å². The van der Waals surface area contributed by atoms with Crippen molar-refractivity contribution in [1.82, 2.24) is 70.9 Å². The molecule has 6 aliphatic rings. The monoisotopic (exact) mass is 1620 g/mol. The Morgan fingerprint density at radius 1 is 0.374 bits per heavy atom. The van der Waals surface area contributed by atoms with Gasteiger partial charge in [-0.15, -0.1) is 0 Å². The summed E-state index contributed by atoms with van der Waals surface area (Å²) in [7, 11) is -5.84. The molecule has 612 valence electrons. The first-order chi connectivity index (χ1) is 53.5. The molecule has 3 aliphatic carbocycles. The maximum absolute atomic E-state index is 13.6. The van der Waals surface area contributed by atoms with Crippen molar-refractivity contribution in [2.45, 2.75) is 164 Å². The minimum Gasteiger partial charge on any atom is -0.379 e. The fourth-order valence-corrected chi connectivity index (χ4v) is 21.6. The van der Waals surface area contributed by atoms with Crippen molar-refractivity contribution >= 4 is 68.7 Å². The number of aryl methyl sites for hydroxylation is 3. The Kier molecular flexibility index (Phi) is 25.8. The largest absolute Gasteiger partial charge is 0.379 e. The number of hydrogen-bond donors (Lipinski definition) is 0. The van der Waals surface area contributed by atoms with Gasteiger partial charge in [0.2, 0.25) is 0 Å². The van der Waals surface area contributed by atoms with Gasteiger partial charge in [0.15, 0.2) is 16.9 Å². The van der Waals surface area contributed by atoms with Gasteiger partial charge in [0.1, 0.15) is 0 Å². The zero-order chi connectivity index (χ0) is 76.9. The molecule has 0 radical (unpaired) electrons. The van der Waals surface area contributed by atoms with Crippen LogP contribution in [0.3, 0.4) is 0 Å². The van der Waals surface area contributed by atoms with E-state index in [-0.39, 0.29) is 61.0 Å². The number of nitrogens with zero attached hydrogens (tertiary/aromatic N) is 15. The zero-order valence-electron chi connectivity index (χ0n) is 63.9. The Morgan fingerprint density at radius 2 is 0.687 bits per heavy atom. The molecule has 3 saturated heterocycles. The maximum atomic E-state index is 13.6. The third-order valence-electron chi connectivity index (χ3n) is 24.3. The van der Waals surface area contributed by atoms with Gasteiger partial charge in [-0.3, -0.25) is 28.7 Å². The summed E-state index contributed by atoms with van der Waals surface area (Å²) in [5.74, 6) is 0.809. The van der Waals surface area contributed by atoms with Gasteiger partial charge in [0.25, 0.3) is 30.1 Å². The van der Waals surface area contributed by atoms with E-state index < -0.39 is 30.1 Å². The first-order valence-corrected chi connectivity index (χ1v) is 43.0. The molecule has 3 aliphatic heterocycles. The fraction of sp³-hybridized carbons (Fsp3) is 0.432. The molecular formula is C88H113N15O9S3. The first kappa shape index (κ1) is 85.1. The number of hydrogen-bond acceptors (Lipinski definition) is 18. The molecular weight excluding hydrogens is 1510 g/mol. The van der Waals surface area contributed by atoms with Crippen LogP contribution >= 0.6 is 0 Å². The summed E-state index contributed by atoms with van der Waals surface area (Å²) in [4.78, 5) is 22.7. The lowest BCUT2D eigenvalue weighted by molar-refractivity contribution is -0.0314. The van der Waals surface area contributed by atoms with Gasteiger partial charge >= 0.3 is 0 Å². The average Bonchev–Trinajstić information content (AvgIpc) is 1.61. The number of fused-ring (bicyclic) bond motifs is 3. The molecule has 27 heteroatoms. The molecule has 5 fully saturated rings. The second-order valence-electron chi connectivity index (χ2n) is 31.3. The molecule has 12 aromatic rings. The molecule has 12 heterocycles. The molecule has 2 saturated carbocycles. The third kappa shape index (κ3) is 17.0. The van der Waals surface area contributed by atoms with Crippen LogP contribution in [0.15, 0.2) is 204 Å². The quantitative estimate of drug-likeness (QED) is 0.0925. The molecule has 0 N–H and O–H groups in total. The van der Waals surface area contributed by atoms with Crippen molar-refractivity contribution in [2.24, 2.45) is 21.1 Å². The molecule has 0 bridgehead atoms. The summed E-state index contributed by atoms with van der Waals surface area (Å²) in [6.45, 7) is 18.0. The summed E-state index contributed by atoms with van der Waals surface area (Å²) in [5.41, 5.74) is 11.6. The number of aromatic nitrogens is 12. The number of rotatable bonds is 15. The Bertz CT molecular complexity index is 5490. The van der Waals surface area contributed by atoms with Crippen molar-refractivity contribution in [3.8, 4) is 33.4 Å². The minimum absolute atomic E-state index is 0. The SMILES string of the molecule is C.C.C.C.Cn1cc(-c2cn(S(=O)(=O)c3ccccc3)c3ncc(C4=CCC(C)(N5CCOCC5)CC4)cc23)cn1.Cn1cc(-c2cn(S(=O)(=O)c3ccccc3)c3ncc(C4CCC(C)(N5CCOCC5)CC4)cc23)cn1.Cn1cc(-c2cn(S(=O)(=O)c3ccccc3)c3ncc(C4CCC(C)(N5CCOCC5)CC4)cc23)cn1. The molecule has 0 amide bonds. The van der Waals surface area contributed by atoms with Crippen LogP contribution in [0.2, 0.25) is 0 Å². The highest BCUT2D eigenvalue weighted by Crippen LogP contribution is 2.46. The normalized spacial score (nSPS) is 21.9. The summed E-state index contributed by atoms with van der Waals surface area (Å²) in [6, 6.07) is 31.9. The lowest BCUT2D eigenvalue weighted by Crippen LogP contribution is -2.53. The number of morpholine rings is 3. The molecule has 9 aromatic heterocycles. The van der Waals surface area contributed by atoms with E-state index in [1.54, 1.807) is 130 Å². The average molecular weight is 1620 g/mol. The van der Waals surface area contributed by atoms with E-state index >= 15 is 0 Å². The Labute approximate surface area is 678 Å². The predicted molar refractivity (Wildman–Crippen MR) is 456 cm³/mol. The number of ether oxygens (including phenoxy) is 3. The third-order valence-corrected chi connectivity index (χ3v) is 29.3. The van der Waals surface area contributed by atoms with E-state index in [9.17, 15) is 25.3 Å². The van der Waals surface area contributed by atoms with Crippen LogP contribution in [-0.4, -0.2) is 192 Å². The van der Waals surface area contributed by atoms with Gasteiger partial charge in [0.05, 0.1) is 72.9 Å². The summed E-state index contributed by atoms with van der Waals surface area (Å²) in [6.07, 6.45) is 35.9. The van der Waals surface area contributed by atoms with E-state index in [1.165, 1.54) is 28.6 Å². The Morgan fingerprint density at radius 3 is 0.991 bits per heavy atom. The van der Waals surface area contributed by atoms with Gasteiger partial charge in [-0.1, -0.05) is 90.4 Å². The van der Waals surface area contributed by atoms with Crippen LogP contribution in [0.5, 0.6) is 0 Å². The number of allylic oxidation sites excluding steroid dienone is 1. The van der Waals surface area contributed by atoms with Crippen molar-refractivity contribution < 1.29 is 39.5 Å². The lowest BCUT2D eigenvalue weighted by atomic mass is 9.74. The molecule has 24 nitrogen and oxygen atoms in total. The van der Waals surface area contributed by atoms with Crippen molar-refractivity contribution in [1.29, 1.82) is 0 Å². The van der Waals surface area contributed by atoms with E-state index in [0.29, 0.717) is 28.8 Å². The van der Waals surface area contributed by atoms with Crippen molar-refractivity contribution in [3.05, 3.63) is 206 Å². The molecule has 1 atom stereocenters. The standard InChI is InChI=1S/2C28H33N5O3S.C28H31N5O3S.4CH4/c3*1-28(32-12-14-36-15-13-32)10-8-21(9-11-28)22-16-25-26(23-18-30-31(2)19-23)20-33(27(25)29-17-22)37(34,35)24-6-4-3-5-7-24;;;;/h2*3-7,16-21H,8-15H2,1-2H3;3-8,16-20H,9-15H2,1-2H3;4*1H4. The molecule has 0 spiro atoms. The Hall–Kier alpha value is -9.29. The van der Waals surface area contributed by atoms with Gasteiger partial charge in [-0.05, 0) is 180 Å². The zero-order valence-corrected chi connectivity index (χ0v) is 66.4. The molecule has 18 rings (SSSR count). The predicted octanol–water partition coefficient (Wildman–Crippen LogP) is 15.7. The lowest BCUT2D eigenvalue weighted by Gasteiger charge is -2.47. The molecule has 3 aromatic carbocycles. The highest BCUT2D eigenvalue weighted by molar-refractivity contribution is 7.90. The van der Waals surface area contributed by atoms with Gasteiger partial charge in [-0.2, -0.15) is 15.3 Å². The van der Waals surface area contributed by atoms with Crippen LogP contribution in [-0.2, 0) is 65.4 Å². The minimum atomic E-state index is -3.81. The highest BCUT2D eigenvalue weighted by atomic mass is 32.2. The number of benzene rings is 3. The Balaban J connectivity index is 0.000000157. The molecule has 115 heavy (non-hydrogen) atoms. The maximum Gasteiger partial charge on any atom is 0.269 e. The first-order valence-electron chi connectivity index (χ1n) is 38.7. The highest BCUT2D eigenvalue weighted by Gasteiger charge is 2.41.